The topological polar surface area (TPSA) is 165 Å². The zero-order chi connectivity index (χ0) is 41.6. The molecular weight excluding hydrogens is 729 g/mol. The zero-order valence-electron chi connectivity index (χ0n) is 35.0. The number of hydrogen-bond donors (Lipinski definition) is 5. The third kappa shape index (κ3) is 17.4. The van der Waals surface area contributed by atoms with E-state index in [4.69, 9.17) is 11.5 Å². The summed E-state index contributed by atoms with van der Waals surface area (Å²) in [7, 11) is -7.15. The van der Waals surface area contributed by atoms with Gasteiger partial charge in [0.2, 0.25) is 20.0 Å². The molecule has 0 spiro atoms. The number of aliphatic hydroxyl groups is 1. The minimum atomic E-state index is -3.64. The van der Waals surface area contributed by atoms with Gasteiger partial charge >= 0.3 is 0 Å². The van der Waals surface area contributed by atoms with Crippen molar-refractivity contribution in [1.82, 2.24) is 9.44 Å². The molecule has 4 aromatic carbocycles. The molecule has 4 unspecified atom stereocenters. The standard InChI is InChI=1S/C21H32N2O3S.C19H28N2O2S.2C2H6/c1-16(2)13-17(15-22)7-9-20(11-12-24)23-27(25,26)21-10-8-18-5-3-4-6-19(18)14-21;1-14(2)18(13-20)9-8-15(3)21-24(22,23)19-11-10-16-6-4-5-7-17(16)12-19;2*1-2/h3-6,8,10,14,16-17,20,23-24H,7,9,11-13,15,22H2,1-2H3;4-7,10-12,14-15,18,21H,8-9,13,20H2,1-3H3;2*1-2H3. The van der Waals surface area contributed by atoms with E-state index in [2.05, 4.69) is 37.1 Å². The molecule has 0 bridgehead atoms. The Kier molecular flexibility index (Phi) is 23.8. The Morgan fingerprint density at radius 1 is 0.582 bits per heavy atom. The summed E-state index contributed by atoms with van der Waals surface area (Å²) in [4.78, 5) is 0.564. The van der Waals surface area contributed by atoms with E-state index >= 15 is 0 Å². The van der Waals surface area contributed by atoms with Crippen molar-refractivity contribution in [1.29, 1.82) is 0 Å². The maximum atomic E-state index is 12.8. The van der Waals surface area contributed by atoms with Crippen LogP contribution in [0.3, 0.4) is 0 Å². The van der Waals surface area contributed by atoms with Crippen LogP contribution < -0.4 is 20.9 Å². The fraction of sp³-hybridized carbons (Fsp3) is 0.545. The molecule has 0 saturated carbocycles. The molecule has 4 aromatic rings. The van der Waals surface area contributed by atoms with Crippen molar-refractivity contribution in [3.8, 4) is 0 Å². The van der Waals surface area contributed by atoms with Gasteiger partial charge in [-0.3, -0.25) is 0 Å². The molecule has 0 aromatic heterocycles. The highest BCUT2D eigenvalue weighted by atomic mass is 32.2. The van der Waals surface area contributed by atoms with E-state index in [9.17, 15) is 21.9 Å². The molecule has 11 heteroatoms. The van der Waals surface area contributed by atoms with E-state index in [-0.39, 0.29) is 23.6 Å². The van der Waals surface area contributed by atoms with Gasteiger partial charge in [-0.05, 0) is 128 Å². The average molecular weight is 801 g/mol. The second-order valence-electron chi connectivity index (χ2n) is 14.5. The predicted molar refractivity (Wildman–Crippen MR) is 234 cm³/mol. The molecule has 310 valence electrons. The molecule has 0 saturated heterocycles. The van der Waals surface area contributed by atoms with Gasteiger partial charge in [0.1, 0.15) is 0 Å². The number of fused-ring (bicyclic) bond motifs is 2. The number of nitrogens with one attached hydrogen (secondary N) is 2. The number of rotatable bonds is 19. The Labute approximate surface area is 334 Å². The quantitative estimate of drug-likeness (QED) is 0.0632. The van der Waals surface area contributed by atoms with E-state index in [1.54, 1.807) is 24.3 Å². The Morgan fingerprint density at radius 3 is 1.47 bits per heavy atom. The van der Waals surface area contributed by atoms with Gasteiger partial charge in [-0.15, -0.1) is 0 Å². The van der Waals surface area contributed by atoms with Crippen LogP contribution in [0.15, 0.2) is 94.7 Å². The molecule has 55 heavy (non-hydrogen) atoms. The van der Waals surface area contributed by atoms with E-state index in [1.807, 2.05) is 95.3 Å². The van der Waals surface area contributed by atoms with Crippen LogP contribution in [0.1, 0.15) is 101 Å². The maximum Gasteiger partial charge on any atom is 0.240 e. The highest BCUT2D eigenvalue weighted by molar-refractivity contribution is 7.89. The van der Waals surface area contributed by atoms with Gasteiger partial charge in [0.25, 0.3) is 0 Å². The SMILES string of the molecule is CC.CC.CC(C)CC(CN)CCC(CCO)NS(=O)(=O)c1ccc2ccccc2c1.CC(CCC(CN)C(C)C)NS(=O)(=O)c1ccc2ccccc2c1. The van der Waals surface area contributed by atoms with Crippen LogP contribution in [0.25, 0.3) is 21.5 Å². The number of benzene rings is 4. The third-order valence-electron chi connectivity index (χ3n) is 9.50. The molecular formula is C44H72N4O5S2. The first kappa shape index (κ1) is 50.1. The summed E-state index contributed by atoms with van der Waals surface area (Å²) < 4.78 is 56.4. The van der Waals surface area contributed by atoms with Crippen molar-refractivity contribution in [2.75, 3.05) is 19.7 Å². The summed E-state index contributed by atoms with van der Waals surface area (Å²) in [6, 6.07) is 25.4. The monoisotopic (exact) mass is 800 g/mol. The van der Waals surface area contributed by atoms with E-state index in [0.29, 0.717) is 54.5 Å². The molecule has 0 aliphatic rings. The fourth-order valence-electron chi connectivity index (χ4n) is 6.39. The van der Waals surface area contributed by atoms with Crippen LogP contribution in [0.2, 0.25) is 0 Å². The van der Waals surface area contributed by atoms with E-state index < -0.39 is 20.0 Å². The number of sulfonamides is 2. The first-order chi connectivity index (χ1) is 26.2. The predicted octanol–water partition coefficient (Wildman–Crippen LogP) is 8.84. The van der Waals surface area contributed by atoms with Crippen LogP contribution in [-0.4, -0.2) is 53.7 Å². The van der Waals surface area contributed by atoms with Crippen molar-refractivity contribution in [3.05, 3.63) is 84.9 Å². The Hall–Kier alpha value is -2.90. The molecule has 0 heterocycles. The van der Waals surface area contributed by atoms with Crippen LogP contribution in [0, 0.1) is 23.7 Å². The van der Waals surface area contributed by atoms with Crippen molar-refractivity contribution in [3.63, 3.8) is 0 Å². The molecule has 0 radical (unpaired) electrons. The lowest BCUT2D eigenvalue weighted by Gasteiger charge is -2.22. The molecule has 4 atom stereocenters. The van der Waals surface area contributed by atoms with Gasteiger partial charge < -0.3 is 16.6 Å². The second-order valence-corrected chi connectivity index (χ2v) is 17.9. The first-order valence-corrected chi connectivity index (χ1v) is 23.2. The number of hydrogen-bond acceptors (Lipinski definition) is 7. The normalized spacial score (nSPS) is 13.9. The highest BCUT2D eigenvalue weighted by Crippen LogP contribution is 2.23. The smallest absolute Gasteiger partial charge is 0.240 e. The van der Waals surface area contributed by atoms with Crippen LogP contribution in [0.4, 0.5) is 0 Å². The van der Waals surface area contributed by atoms with Gasteiger partial charge in [-0.25, -0.2) is 26.3 Å². The summed E-state index contributed by atoms with van der Waals surface area (Å²) in [5.41, 5.74) is 11.7. The van der Waals surface area contributed by atoms with Crippen molar-refractivity contribution in [2.24, 2.45) is 35.1 Å². The third-order valence-corrected chi connectivity index (χ3v) is 12.6. The lowest BCUT2D eigenvalue weighted by Crippen LogP contribution is -2.36. The Bertz CT molecular complexity index is 1870. The second kappa shape index (κ2) is 26.1. The summed E-state index contributed by atoms with van der Waals surface area (Å²) in [6.45, 7) is 19.7. The summed E-state index contributed by atoms with van der Waals surface area (Å²) >= 11 is 0. The highest BCUT2D eigenvalue weighted by Gasteiger charge is 2.22. The minimum absolute atomic E-state index is 0.0532. The van der Waals surface area contributed by atoms with Gasteiger partial charge in [-0.1, -0.05) is 116 Å². The molecule has 9 nitrogen and oxygen atoms in total. The fourth-order valence-corrected chi connectivity index (χ4v) is 9.04. The summed E-state index contributed by atoms with van der Waals surface area (Å²) in [6.07, 6.45) is 4.65. The number of nitrogens with two attached hydrogens (primary N) is 2. The van der Waals surface area contributed by atoms with Crippen LogP contribution in [-0.2, 0) is 20.0 Å². The van der Waals surface area contributed by atoms with Gasteiger partial charge in [0.05, 0.1) is 9.79 Å². The van der Waals surface area contributed by atoms with Gasteiger partial charge in [-0.2, -0.15) is 0 Å². The lowest BCUT2D eigenvalue weighted by molar-refractivity contribution is 0.261. The average Bonchev–Trinajstić information content (AvgIpc) is 3.17. The van der Waals surface area contributed by atoms with Crippen molar-refractivity contribution < 1.29 is 21.9 Å². The molecule has 7 N–H and O–H groups in total. The number of aliphatic hydroxyl groups excluding tert-OH is 1. The van der Waals surface area contributed by atoms with Crippen LogP contribution in [0.5, 0.6) is 0 Å². The van der Waals surface area contributed by atoms with Gasteiger partial charge in [0, 0.05) is 18.7 Å². The minimum Gasteiger partial charge on any atom is -0.396 e. The van der Waals surface area contributed by atoms with E-state index in [1.165, 1.54) is 0 Å². The molecule has 0 amide bonds. The summed E-state index contributed by atoms with van der Waals surface area (Å²) in [5.74, 6) is 1.87. The van der Waals surface area contributed by atoms with Crippen molar-refractivity contribution >= 4 is 41.6 Å². The zero-order valence-corrected chi connectivity index (χ0v) is 36.6. The molecule has 0 aliphatic carbocycles. The van der Waals surface area contributed by atoms with Crippen LogP contribution >= 0.6 is 0 Å². The van der Waals surface area contributed by atoms with E-state index in [0.717, 1.165) is 47.2 Å². The Morgan fingerprint density at radius 2 is 1.05 bits per heavy atom. The largest absolute Gasteiger partial charge is 0.396 e. The maximum absolute atomic E-state index is 12.8. The lowest BCUT2D eigenvalue weighted by atomic mass is 9.90. The molecule has 4 rings (SSSR count). The molecule has 0 fully saturated rings. The summed E-state index contributed by atoms with van der Waals surface area (Å²) in [5, 5.41) is 13.2. The first-order valence-electron chi connectivity index (χ1n) is 20.2. The van der Waals surface area contributed by atoms with Crippen molar-refractivity contribution in [2.45, 2.75) is 123 Å². The van der Waals surface area contributed by atoms with Gasteiger partial charge in [0.15, 0.2) is 0 Å². The Balaban J connectivity index is 0.000000507. The molecule has 0 aliphatic heterocycles.